The van der Waals surface area contributed by atoms with Gasteiger partial charge in [-0.15, -0.1) is 0 Å². The molecule has 0 atom stereocenters. The molecule has 1 nitrogen and oxygen atoms in total. The maximum absolute atomic E-state index is 10.1. The van der Waals surface area contributed by atoms with Crippen LogP contribution in [0.25, 0.3) is 77.5 Å². The highest BCUT2D eigenvalue weighted by molar-refractivity contribution is 6.04. The number of fused-ring (bicyclic) bond motifs is 11. The zero-order valence-corrected chi connectivity index (χ0v) is 34.8. The zero-order valence-electron chi connectivity index (χ0n) is 53.8. The molecule has 0 aliphatic heterocycles. The molecule has 1 spiro atoms. The molecular weight excluding hydrogens is 795 g/mol. The largest absolute Gasteiger partial charge is 0.310 e. The fourth-order valence-electron chi connectivity index (χ4n) is 9.89. The summed E-state index contributed by atoms with van der Waals surface area (Å²) < 4.78 is 175. The minimum Gasteiger partial charge on any atom is -0.310 e. The van der Waals surface area contributed by atoms with Gasteiger partial charge in [0.1, 0.15) is 0 Å². The van der Waals surface area contributed by atoms with Crippen LogP contribution in [0.15, 0.2) is 260 Å². The third-order valence-corrected chi connectivity index (χ3v) is 12.7. The second-order valence-corrected chi connectivity index (χ2v) is 16.1. The predicted octanol–water partition coefficient (Wildman–Crippen LogP) is 17.3. The lowest BCUT2D eigenvalue weighted by Gasteiger charge is -2.32. The van der Waals surface area contributed by atoms with Crippen molar-refractivity contribution in [3.05, 3.63) is 283 Å². The monoisotopic (exact) mass is 856 g/mol. The van der Waals surface area contributed by atoms with E-state index in [1.807, 2.05) is 97.1 Å². The molecule has 1 heteroatoms. The van der Waals surface area contributed by atoms with Crippen molar-refractivity contribution in [2.24, 2.45) is 0 Å². The van der Waals surface area contributed by atoms with Crippen molar-refractivity contribution in [2.75, 3.05) is 4.90 Å². The Labute approximate surface area is 412 Å². The van der Waals surface area contributed by atoms with E-state index in [0.29, 0.717) is 11.4 Å². The fraction of sp³-hybridized carbons (Fsp3) is 0.0154. The minimum absolute atomic E-state index is 0.253. The van der Waals surface area contributed by atoms with Crippen LogP contribution >= 0.6 is 0 Å². The molecule has 11 aromatic carbocycles. The fourth-order valence-corrected chi connectivity index (χ4v) is 9.89. The molecule has 0 saturated carbocycles. The molecule has 13 rings (SSSR count). The van der Waals surface area contributed by atoms with Gasteiger partial charge in [-0.05, 0) is 136 Å². The molecule has 0 radical (unpaired) electrons. The van der Waals surface area contributed by atoms with Crippen LogP contribution in [0.4, 0.5) is 17.1 Å². The van der Waals surface area contributed by atoms with E-state index in [4.69, 9.17) is 11.0 Å². The second-order valence-electron chi connectivity index (χ2n) is 16.1. The molecule has 0 N–H and O–H groups in total. The van der Waals surface area contributed by atoms with Crippen LogP contribution in [0.3, 0.4) is 0 Å². The lowest BCUT2D eigenvalue weighted by atomic mass is 9.70. The van der Waals surface area contributed by atoms with Gasteiger partial charge in [-0.3, -0.25) is 0 Å². The summed E-state index contributed by atoms with van der Waals surface area (Å²) in [6, 6.07) is 31.6. The number of rotatable bonds is 7. The number of hydrogen-bond donors (Lipinski definition) is 0. The van der Waals surface area contributed by atoms with E-state index >= 15 is 0 Å². The van der Waals surface area contributed by atoms with E-state index in [9.17, 15) is 15.1 Å². The van der Waals surface area contributed by atoms with Crippen molar-refractivity contribution in [1.29, 1.82) is 0 Å². The van der Waals surface area contributed by atoms with Gasteiger partial charge in [0.2, 0.25) is 0 Å². The summed E-state index contributed by atoms with van der Waals surface area (Å²) in [5.41, 5.74) is 5.47. The van der Waals surface area contributed by atoms with Gasteiger partial charge in [-0.25, -0.2) is 0 Å². The summed E-state index contributed by atoms with van der Waals surface area (Å²) in [6.45, 7) is 0. The average molecular weight is 857 g/mol. The van der Waals surface area contributed by atoms with E-state index in [0.717, 1.165) is 55.6 Å². The van der Waals surface area contributed by atoms with Gasteiger partial charge in [0.15, 0.2) is 0 Å². The summed E-state index contributed by atoms with van der Waals surface area (Å²) in [7, 11) is 0. The molecule has 11 aromatic rings. The van der Waals surface area contributed by atoms with Crippen LogP contribution in [0.2, 0.25) is 0 Å². The molecule has 66 heavy (non-hydrogen) atoms. The third-order valence-electron chi connectivity index (χ3n) is 12.7. The summed E-state index contributed by atoms with van der Waals surface area (Å²) in [5.74, 6) is 0. The Kier molecular flexibility index (Phi) is 5.44. The first kappa shape index (κ1) is 23.4. The first-order chi connectivity index (χ1) is 40.7. The molecule has 0 unspecified atom stereocenters. The Balaban J connectivity index is 1.10. The average Bonchev–Trinajstić information content (AvgIpc) is 1.93. The van der Waals surface area contributed by atoms with Crippen LogP contribution in [-0.2, 0) is 5.41 Å². The Morgan fingerprint density at radius 2 is 0.818 bits per heavy atom. The first-order valence-electron chi connectivity index (χ1n) is 30.9. The number of hydrogen-bond acceptors (Lipinski definition) is 1. The van der Waals surface area contributed by atoms with Crippen molar-refractivity contribution in [3.63, 3.8) is 0 Å². The van der Waals surface area contributed by atoms with Crippen molar-refractivity contribution >= 4 is 27.8 Å². The third kappa shape index (κ3) is 5.87. The molecule has 308 valence electrons. The second kappa shape index (κ2) is 15.3. The van der Waals surface area contributed by atoms with Crippen molar-refractivity contribution < 1.29 is 26.0 Å². The maximum Gasteiger partial charge on any atom is 0.0726 e. The summed E-state index contributed by atoms with van der Waals surface area (Å²) in [5, 5.41) is -1.18. The Morgan fingerprint density at radius 1 is 0.303 bits per heavy atom. The number of benzene rings is 11. The summed E-state index contributed by atoms with van der Waals surface area (Å²) in [6.07, 6.45) is 0. The van der Waals surface area contributed by atoms with E-state index in [1.54, 1.807) is 17.0 Å². The van der Waals surface area contributed by atoms with Crippen molar-refractivity contribution in [1.82, 2.24) is 0 Å². The lowest BCUT2D eigenvalue weighted by molar-refractivity contribution is 0.793. The van der Waals surface area contributed by atoms with Gasteiger partial charge in [-0.1, -0.05) is 224 Å². The first-order valence-corrected chi connectivity index (χ1v) is 21.4. The highest BCUT2D eigenvalue weighted by Crippen LogP contribution is 2.63. The van der Waals surface area contributed by atoms with Crippen LogP contribution in [0.5, 0.6) is 0 Å². The molecule has 0 aromatic heterocycles. The van der Waals surface area contributed by atoms with Gasteiger partial charge < -0.3 is 4.90 Å². The quantitative estimate of drug-likeness (QED) is 0.154. The van der Waals surface area contributed by atoms with Crippen LogP contribution in [0, 0.1) is 0 Å². The van der Waals surface area contributed by atoms with Crippen LogP contribution in [0.1, 0.15) is 48.3 Å². The topological polar surface area (TPSA) is 3.24 Å². The van der Waals surface area contributed by atoms with Gasteiger partial charge >= 0.3 is 0 Å². The maximum atomic E-state index is 10.1. The molecule has 0 amide bonds. The predicted molar refractivity (Wildman–Crippen MR) is 277 cm³/mol. The Bertz CT molecular complexity index is 4620. The van der Waals surface area contributed by atoms with Crippen molar-refractivity contribution in [3.8, 4) is 66.8 Å². The van der Waals surface area contributed by atoms with Crippen LogP contribution in [-0.4, -0.2) is 0 Å². The minimum atomic E-state index is -0.976. The van der Waals surface area contributed by atoms with Gasteiger partial charge in [0, 0.05) is 17.1 Å². The molecule has 0 bridgehead atoms. The van der Waals surface area contributed by atoms with Crippen molar-refractivity contribution in [2.45, 2.75) is 5.41 Å². The molecule has 0 fully saturated rings. The van der Waals surface area contributed by atoms with E-state index in [2.05, 4.69) is 36.4 Å². The summed E-state index contributed by atoms with van der Waals surface area (Å²) in [4.78, 5) is 1.62. The van der Waals surface area contributed by atoms with E-state index < -0.39 is 164 Å². The number of nitrogens with zero attached hydrogens (tertiary/aromatic N) is 1. The molecular formula is C65H43N. The molecule has 0 heterocycles. The molecule has 2 aliphatic rings. The standard InChI is InChI=1S/C65H43N/c1-3-15-44(16-4-1)46-27-29-50(30-28-46)64-54-20-8-7-19-48(54)35-41-55(64)49-33-38-52(39-34-49)66(51-36-31-47(32-37-51)45-17-5-2-6-18-45)53-40-42-59-58-23-11-14-26-62(58)65(63(59)43-53)60-24-12-9-21-56(60)57-22-10-13-25-61(57)65/h1-43H/i1D,3D,4D,7D,8D,15D,16D,19D,20D,27D,28D,29D,30D,33D,34D,35D,38D,39D,41D. The van der Waals surface area contributed by atoms with Gasteiger partial charge in [0.25, 0.3) is 0 Å². The summed E-state index contributed by atoms with van der Waals surface area (Å²) >= 11 is 0. The normalized spacial score (nSPS) is 16.7. The number of anilines is 3. The van der Waals surface area contributed by atoms with Gasteiger partial charge in [0.05, 0.1) is 31.5 Å². The highest BCUT2D eigenvalue weighted by Gasteiger charge is 2.51. The Hall–Kier alpha value is -8.52. The van der Waals surface area contributed by atoms with Crippen LogP contribution < -0.4 is 4.90 Å². The Morgan fingerprint density at radius 3 is 1.48 bits per heavy atom. The van der Waals surface area contributed by atoms with E-state index in [1.165, 1.54) is 0 Å². The lowest BCUT2D eigenvalue weighted by Crippen LogP contribution is -2.26. The SMILES string of the molecule is [2H]c1c([2H])c([2H])c(-c2c([2H])c([2H])c(-c3c(-c4c([2H])c([2H])c(N(c5ccc(-c6ccccc6)cc5)c5ccc6c(c5)C5(c7ccccc7-c7ccccc75)c5ccccc5-6)c([2H])c4[2H])c([2H])c([2H])c4c([2H])c([2H])c([2H])c([2H])c34)c([2H])c2[2H])c([2H])c1[2H]. The smallest absolute Gasteiger partial charge is 0.0726 e. The highest BCUT2D eigenvalue weighted by atomic mass is 15.1. The van der Waals surface area contributed by atoms with E-state index in [-0.39, 0.29) is 5.69 Å². The molecule has 2 aliphatic carbocycles. The van der Waals surface area contributed by atoms with Gasteiger partial charge in [-0.2, -0.15) is 0 Å². The zero-order chi connectivity index (χ0) is 60.1. The molecule has 0 saturated heterocycles.